The lowest BCUT2D eigenvalue weighted by molar-refractivity contribution is -0.133. The maximum atomic E-state index is 12.6. The van der Waals surface area contributed by atoms with Crippen LogP contribution in [-0.4, -0.2) is 42.6 Å². The highest BCUT2D eigenvalue weighted by Crippen LogP contribution is 2.31. The maximum absolute atomic E-state index is 12.6. The van der Waals surface area contributed by atoms with Gasteiger partial charge < -0.3 is 20.1 Å². The highest BCUT2D eigenvalue weighted by atomic mass is 35.5. The molecule has 2 aliphatic rings. The second-order valence-corrected chi connectivity index (χ2v) is 6.49. The molecule has 1 aliphatic heterocycles. The van der Waals surface area contributed by atoms with Crippen molar-refractivity contribution in [1.82, 2.24) is 4.90 Å². The molecular weight excluding hydrogens is 328 g/mol. The lowest BCUT2D eigenvalue weighted by atomic mass is 9.99. The minimum Gasteiger partial charge on any atom is -0.486 e. The van der Waals surface area contributed by atoms with Crippen molar-refractivity contribution in [3.63, 3.8) is 0 Å². The average molecular weight is 355 g/mol. The van der Waals surface area contributed by atoms with Crippen LogP contribution in [0.5, 0.6) is 11.5 Å². The lowest BCUT2D eigenvalue weighted by Crippen LogP contribution is -2.44. The van der Waals surface area contributed by atoms with E-state index in [1.807, 2.05) is 36.1 Å². The number of hydrogen-bond acceptors (Lipinski definition) is 4. The van der Waals surface area contributed by atoms with Crippen LogP contribution in [0, 0.1) is 5.92 Å². The van der Waals surface area contributed by atoms with Gasteiger partial charge in [-0.25, -0.2) is 0 Å². The van der Waals surface area contributed by atoms with Gasteiger partial charge in [0.25, 0.3) is 0 Å². The standard InChI is InChI=1S/C18H26N2O3.ClH/c1-2-20(18(21)10-13-6-5-7-15(13)19)11-14-12-22-16-8-3-4-9-17(16)23-14;/h3-4,8-9,13-15H,2,5-7,10-12,19H2,1H3;1H/t13-,14?,15+;/m0./s1. The Hall–Kier alpha value is -1.46. The number of nitrogens with two attached hydrogens (primary N) is 1. The van der Waals surface area contributed by atoms with Gasteiger partial charge in [-0.2, -0.15) is 0 Å². The fourth-order valence-corrected chi connectivity index (χ4v) is 3.48. The molecule has 1 fully saturated rings. The van der Waals surface area contributed by atoms with Crippen LogP contribution in [0.25, 0.3) is 0 Å². The highest BCUT2D eigenvalue weighted by molar-refractivity contribution is 5.85. The molecule has 24 heavy (non-hydrogen) atoms. The molecule has 0 aromatic heterocycles. The molecule has 3 rings (SSSR count). The van der Waals surface area contributed by atoms with E-state index in [-0.39, 0.29) is 30.5 Å². The summed E-state index contributed by atoms with van der Waals surface area (Å²) in [6.45, 7) is 3.72. The Morgan fingerprint density at radius 3 is 2.71 bits per heavy atom. The Labute approximate surface area is 149 Å². The molecule has 1 aliphatic carbocycles. The van der Waals surface area contributed by atoms with Crippen molar-refractivity contribution in [1.29, 1.82) is 0 Å². The normalized spacial score (nSPS) is 25.0. The number of ether oxygens (including phenoxy) is 2. The first-order valence-electron chi connectivity index (χ1n) is 8.59. The van der Waals surface area contributed by atoms with Crippen molar-refractivity contribution >= 4 is 18.3 Å². The number of carbonyl (C=O) groups is 1. The number of halogens is 1. The van der Waals surface area contributed by atoms with E-state index in [9.17, 15) is 4.79 Å². The number of amides is 1. The van der Waals surface area contributed by atoms with Gasteiger partial charge in [-0.15, -0.1) is 12.4 Å². The van der Waals surface area contributed by atoms with Gasteiger partial charge in [-0.1, -0.05) is 18.6 Å². The third kappa shape index (κ3) is 4.33. The summed E-state index contributed by atoms with van der Waals surface area (Å²) < 4.78 is 11.7. The van der Waals surface area contributed by atoms with Crippen LogP contribution in [0.3, 0.4) is 0 Å². The predicted octanol–water partition coefficient (Wildman–Crippen LogP) is 2.61. The molecule has 1 unspecified atom stereocenters. The zero-order valence-corrected chi connectivity index (χ0v) is 15.0. The number of para-hydroxylation sites is 2. The van der Waals surface area contributed by atoms with Crippen LogP contribution in [0.4, 0.5) is 0 Å². The summed E-state index contributed by atoms with van der Waals surface area (Å²) in [7, 11) is 0. The minimum absolute atomic E-state index is 0. The first-order chi connectivity index (χ1) is 11.2. The maximum Gasteiger partial charge on any atom is 0.223 e. The van der Waals surface area contributed by atoms with Crippen LogP contribution < -0.4 is 15.2 Å². The number of fused-ring (bicyclic) bond motifs is 1. The number of hydrogen-bond donors (Lipinski definition) is 1. The van der Waals surface area contributed by atoms with Crippen molar-refractivity contribution < 1.29 is 14.3 Å². The summed E-state index contributed by atoms with van der Waals surface area (Å²) in [5.41, 5.74) is 6.09. The van der Waals surface area contributed by atoms with Gasteiger partial charge in [0.15, 0.2) is 17.6 Å². The minimum atomic E-state index is -0.119. The van der Waals surface area contributed by atoms with E-state index in [0.717, 1.165) is 30.8 Å². The summed E-state index contributed by atoms with van der Waals surface area (Å²) in [5, 5.41) is 0. The van der Waals surface area contributed by atoms with Crippen LogP contribution >= 0.6 is 12.4 Å². The molecular formula is C18H27ClN2O3. The molecule has 1 aromatic rings. The van der Waals surface area contributed by atoms with E-state index in [0.29, 0.717) is 32.0 Å². The van der Waals surface area contributed by atoms with Gasteiger partial charge >= 0.3 is 0 Å². The summed E-state index contributed by atoms with van der Waals surface area (Å²) >= 11 is 0. The Bertz CT molecular complexity index is 555. The number of benzene rings is 1. The highest BCUT2D eigenvalue weighted by Gasteiger charge is 2.29. The third-order valence-electron chi connectivity index (χ3n) is 4.88. The van der Waals surface area contributed by atoms with Gasteiger partial charge in [0.2, 0.25) is 5.91 Å². The molecule has 1 heterocycles. The Morgan fingerprint density at radius 1 is 1.29 bits per heavy atom. The number of likely N-dealkylation sites (N-methyl/N-ethyl adjacent to an activating group) is 1. The van der Waals surface area contributed by atoms with E-state index < -0.39 is 0 Å². The fraction of sp³-hybridized carbons (Fsp3) is 0.611. The van der Waals surface area contributed by atoms with Gasteiger partial charge in [0, 0.05) is 19.0 Å². The topological polar surface area (TPSA) is 64.8 Å². The van der Waals surface area contributed by atoms with Crippen LogP contribution in [0.2, 0.25) is 0 Å². The van der Waals surface area contributed by atoms with Crippen molar-refractivity contribution in [2.75, 3.05) is 19.7 Å². The van der Waals surface area contributed by atoms with Gasteiger partial charge in [-0.3, -0.25) is 4.79 Å². The first kappa shape index (κ1) is 18.9. The molecule has 1 amide bonds. The third-order valence-corrected chi connectivity index (χ3v) is 4.88. The van der Waals surface area contributed by atoms with Gasteiger partial charge in [0.05, 0.1) is 6.54 Å². The van der Waals surface area contributed by atoms with Crippen molar-refractivity contribution in [3.8, 4) is 11.5 Å². The SMILES string of the molecule is CCN(CC1COc2ccccc2O1)C(=O)C[C@@H]1CCC[C@H]1N.Cl. The molecule has 0 radical (unpaired) electrons. The first-order valence-corrected chi connectivity index (χ1v) is 8.59. The van der Waals surface area contributed by atoms with Gasteiger partial charge in [0.1, 0.15) is 6.61 Å². The van der Waals surface area contributed by atoms with E-state index in [4.69, 9.17) is 15.2 Å². The van der Waals surface area contributed by atoms with Crippen molar-refractivity contribution in [3.05, 3.63) is 24.3 Å². The predicted molar refractivity (Wildman–Crippen MR) is 95.8 cm³/mol. The number of rotatable bonds is 5. The Balaban J connectivity index is 0.00000208. The molecule has 0 saturated heterocycles. The van der Waals surface area contributed by atoms with Crippen LogP contribution in [0.1, 0.15) is 32.6 Å². The molecule has 0 spiro atoms. The Morgan fingerprint density at radius 2 is 2.04 bits per heavy atom. The van der Waals surface area contributed by atoms with E-state index in [1.165, 1.54) is 0 Å². The van der Waals surface area contributed by atoms with Crippen LogP contribution in [0.15, 0.2) is 24.3 Å². The monoisotopic (exact) mass is 354 g/mol. The second-order valence-electron chi connectivity index (χ2n) is 6.49. The molecule has 6 heteroatoms. The summed E-state index contributed by atoms with van der Waals surface area (Å²) in [6, 6.07) is 7.83. The smallest absolute Gasteiger partial charge is 0.223 e. The molecule has 5 nitrogen and oxygen atoms in total. The summed E-state index contributed by atoms with van der Waals surface area (Å²) in [6.07, 6.45) is 3.69. The molecule has 1 saturated carbocycles. The summed E-state index contributed by atoms with van der Waals surface area (Å²) in [5.74, 6) is 2.04. The number of carbonyl (C=O) groups excluding carboxylic acids is 1. The largest absolute Gasteiger partial charge is 0.486 e. The average Bonchev–Trinajstić information content (AvgIpc) is 2.97. The second kappa shape index (κ2) is 8.58. The zero-order chi connectivity index (χ0) is 16.2. The lowest BCUT2D eigenvalue weighted by Gasteiger charge is -2.31. The van der Waals surface area contributed by atoms with Crippen molar-refractivity contribution in [2.45, 2.75) is 44.8 Å². The van der Waals surface area contributed by atoms with Gasteiger partial charge in [-0.05, 0) is 37.8 Å². The molecule has 134 valence electrons. The molecule has 2 N–H and O–H groups in total. The molecule has 0 bridgehead atoms. The molecule has 1 aromatic carbocycles. The Kier molecular flexibility index (Phi) is 6.75. The van der Waals surface area contributed by atoms with E-state index >= 15 is 0 Å². The van der Waals surface area contributed by atoms with E-state index in [2.05, 4.69) is 0 Å². The van der Waals surface area contributed by atoms with Crippen molar-refractivity contribution in [2.24, 2.45) is 11.7 Å². The molecule has 3 atom stereocenters. The quantitative estimate of drug-likeness (QED) is 0.882. The fourth-order valence-electron chi connectivity index (χ4n) is 3.48. The number of nitrogens with zero attached hydrogens (tertiary/aromatic N) is 1. The zero-order valence-electron chi connectivity index (χ0n) is 14.1. The van der Waals surface area contributed by atoms with E-state index in [1.54, 1.807) is 0 Å². The summed E-state index contributed by atoms with van der Waals surface area (Å²) in [4.78, 5) is 14.4. The van der Waals surface area contributed by atoms with Crippen LogP contribution in [-0.2, 0) is 4.79 Å².